The monoisotopic (exact) mass is 452 g/mol. The molecule has 1 rings (SSSR count). The van der Waals surface area contributed by atoms with Gasteiger partial charge in [0, 0.05) is 43.3 Å². The minimum absolute atomic E-state index is 0.234. The van der Waals surface area contributed by atoms with Gasteiger partial charge in [-0.1, -0.05) is 55.4 Å². The molecule has 1 fully saturated rings. The molecule has 31 heavy (non-hydrogen) atoms. The van der Waals surface area contributed by atoms with Crippen LogP contribution >= 0.6 is 0 Å². The van der Waals surface area contributed by atoms with Gasteiger partial charge in [0.05, 0.1) is 26.4 Å². The molecule has 0 aromatic carbocycles. The highest BCUT2D eigenvalue weighted by Crippen LogP contribution is 2.02. The van der Waals surface area contributed by atoms with Crippen LogP contribution in [0.4, 0.5) is 0 Å². The van der Waals surface area contributed by atoms with Gasteiger partial charge in [0.15, 0.2) is 0 Å². The van der Waals surface area contributed by atoms with Gasteiger partial charge in [0.25, 0.3) is 0 Å². The molecule has 0 saturated carbocycles. The van der Waals surface area contributed by atoms with Crippen molar-refractivity contribution in [3.8, 4) is 0 Å². The lowest BCUT2D eigenvalue weighted by atomic mass is 10.2. The van der Waals surface area contributed by atoms with Crippen molar-refractivity contribution >= 4 is 0 Å². The number of epoxide rings is 1. The van der Waals surface area contributed by atoms with E-state index >= 15 is 0 Å². The fourth-order valence-corrected chi connectivity index (χ4v) is 2.25. The van der Waals surface area contributed by atoms with Crippen LogP contribution in [-0.4, -0.2) is 90.9 Å². The lowest BCUT2D eigenvalue weighted by molar-refractivity contribution is 0.134. The maximum atomic E-state index is 8.69. The average Bonchev–Trinajstić information content (AvgIpc) is 3.45. The summed E-state index contributed by atoms with van der Waals surface area (Å²) in [5.41, 5.74) is 5.11. The summed E-state index contributed by atoms with van der Waals surface area (Å²) in [6, 6.07) is 3.14. The van der Waals surface area contributed by atoms with Gasteiger partial charge in [0.2, 0.25) is 0 Å². The SMILES string of the molecule is C1CO1.CC(C)N.CC(C)N(CCO)C(C)C.CC(C)NC(C)C.CC(C)NCCO. The maximum absolute atomic E-state index is 8.69. The molecule has 0 amide bonds. The van der Waals surface area contributed by atoms with E-state index in [1.54, 1.807) is 0 Å². The van der Waals surface area contributed by atoms with Crippen molar-refractivity contribution in [1.29, 1.82) is 0 Å². The number of hydrogen-bond donors (Lipinski definition) is 5. The van der Waals surface area contributed by atoms with Crippen LogP contribution in [0.2, 0.25) is 0 Å². The maximum Gasteiger partial charge on any atom is 0.0701 e. The summed E-state index contributed by atoms with van der Waals surface area (Å²) in [7, 11) is 0. The van der Waals surface area contributed by atoms with Crippen molar-refractivity contribution < 1.29 is 14.9 Å². The molecule has 0 unspecified atom stereocenters. The Morgan fingerprint density at radius 2 is 1.10 bits per heavy atom. The lowest BCUT2D eigenvalue weighted by Gasteiger charge is -2.29. The first-order valence-electron chi connectivity index (χ1n) is 12.0. The first kappa shape index (κ1) is 38.0. The number of aliphatic hydroxyl groups excluding tert-OH is 2. The molecular formula is C24H60N4O3. The molecule has 1 aliphatic heterocycles. The molecule has 194 valence electrons. The number of rotatable bonds is 9. The number of ether oxygens (including phenoxy) is 1. The molecule has 7 nitrogen and oxygen atoms in total. The van der Waals surface area contributed by atoms with E-state index in [1.807, 2.05) is 13.8 Å². The highest BCUT2D eigenvalue weighted by Gasteiger charge is 2.11. The molecule has 0 spiro atoms. The highest BCUT2D eigenvalue weighted by atomic mass is 16.6. The molecule has 0 aromatic heterocycles. The number of hydrogen-bond acceptors (Lipinski definition) is 7. The third kappa shape index (κ3) is 58.7. The van der Waals surface area contributed by atoms with Gasteiger partial charge in [-0.05, 0) is 33.7 Å². The zero-order valence-corrected chi connectivity index (χ0v) is 23.0. The van der Waals surface area contributed by atoms with E-state index in [1.165, 1.54) is 0 Å². The summed E-state index contributed by atoms with van der Waals surface area (Å²) in [5, 5.41) is 23.3. The van der Waals surface area contributed by atoms with Crippen LogP contribution < -0.4 is 16.4 Å². The zero-order chi connectivity index (χ0) is 25.4. The Morgan fingerprint density at radius 3 is 1.16 bits per heavy atom. The predicted octanol–water partition coefficient (Wildman–Crippen LogP) is 2.84. The quantitative estimate of drug-likeness (QED) is 0.342. The number of nitrogens with one attached hydrogen (secondary N) is 2. The van der Waals surface area contributed by atoms with Crippen LogP contribution in [0.1, 0.15) is 83.1 Å². The van der Waals surface area contributed by atoms with E-state index in [2.05, 4.69) is 89.5 Å². The Hall–Kier alpha value is -0.280. The van der Waals surface area contributed by atoms with Crippen LogP contribution in [0.15, 0.2) is 0 Å². The summed E-state index contributed by atoms with van der Waals surface area (Å²) in [5.74, 6) is 0. The highest BCUT2D eigenvalue weighted by molar-refractivity contribution is 4.65. The number of aliphatic hydroxyl groups is 2. The fourth-order valence-electron chi connectivity index (χ4n) is 2.25. The van der Waals surface area contributed by atoms with Gasteiger partial charge < -0.3 is 31.3 Å². The lowest BCUT2D eigenvalue weighted by Crippen LogP contribution is -2.38. The van der Waals surface area contributed by atoms with Crippen molar-refractivity contribution in [3.05, 3.63) is 0 Å². The van der Waals surface area contributed by atoms with Crippen LogP contribution in [0.3, 0.4) is 0 Å². The second-order valence-electron chi connectivity index (χ2n) is 9.31. The Bertz CT molecular complexity index is 292. The summed E-state index contributed by atoms with van der Waals surface area (Å²) in [4.78, 5) is 2.26. The van der Waals surface area contributed by atoms with Gasteiger partial charge in [-0.2, -0.15) is 0 Å². The standard InChI is InChI=1S/C8H19NO.C6H15N.C5H13NO.C3H9N.C2H4O/c1-7(2)9(5-6-10)8(3)4;1-5(2)7-6(3)4;1-5(2)6-3-4-7;1-3(2)4;1-2-3-1/h7-8,10H,5-6H2,1-4H3;5-7H,1-4H3;5-7H,3-4H2,1-2H3;3H,4H2,1-2H3;1-2H2. The first-order valence-corrected chi connectivity index (χ1v) is 12.0. The normalized spacial score (nSPS) is 12.2. The fraction of sp³-hybridized carbons (Fsp3) is 1.00. The van der Waals surface area contributed by atoms with Gasteiger partial charge in [0.1, 0.15) is 0 Å². The predicted molar refractivity (Wildman–Crippen MR) is 138 cm³/mol. The van der Waals surface area contributed by atoms with Crippen molar-refractivity contribution in [2.24, 2.45) is 5.73 Å². The largest absolute Gasteiger partial charge is 0.395 e. The molecule has 1 aliphatic rings. The second kappa shape index (κ2) is 27.8. The molecule has 0 aliphatic carbocycles. The van der Waals surface area contributed by atoms with Crippen LogP contribution in [0.25, 0.3) is 0 Å². The van der Waals surface area contributed by atoms with Crippen molar-refractivity contribution in [1.82, 2.24) is 15.5 Å². The van der Waals surface area contributed by atoms with Crippen molar-refractivity contribution in [2.45, 2.75) is 119 Å². The zero-order valence-electron chi connectivity index (χ0n) is 23.0. The Labute approximate surface area is 195 Å². The van der Waals surface area contributed by atoms with E-state index in [-0.39, 0.29) is 13.2 Å². The molecular weight excluding hydrogens is 392 g/mol. The Morgan fingerprint density at radius 1 is 0.742 bits per heavy atom. The molecule has 6 N–H and O–H groups in total. The van der Waals surface area contributed by atoms with E-state index in [0.29, 0.717) is 42.8 Å². The Balaban J connectivity index is -0.000000155. The minimum Gasteiger partial charge on any atom is -0.395 e. The van der Waals surface area contributed by atoms with E-state index in [9.17, 15) is 0 Å². The smallest absolute Gasteiger partial charge is 0.0701 e. The van der Waals surface area contributed by atoms with E-state index < -0.39 is 0 Å². The minimum atomic E-state index is 0.234. The van der Waals surface area contributed by atoms with Crippen molar-refractivity contribution in [3.63, 3.8) is 0 Å². The van der Waals surface area contributed by atoms with Gasteiger partial charge in [-0.15, -0.1) is 0 Å². The first-order chi connectivity index (χ1) is 14.2. The number of nitrogens with two attached hydrogens (primary N) is 1. The molecule has 0 atom stereocenters. The van der Waals surface area contributed by atoms with Crippen LogP contribution in [-0.2, 0) is 4.74 Å². The molecule has 7 heteroatoms. The molecule has 0 bridgehead atoms. The van der Waals surface area contributed by atoms with Crippen LogP contribution in [0, 0.1) is 0 Å². The molecule has 0 radical (unpaired) electrons. The summed E-state index contributed by atoms with van der Waals surface area (Å²) in [6.07, 6.45) is 0. The topological polar surface area (TPSA) is 106 Å². The second-order valence-corrected chi connectivity index (χ2v) is 9.31. The average molecular weight is 453 g/mol. The van der Waals surface area contributed by atoms with Crippen molar-refractivity contribution in [2.75, 3.05) is 39.5 Å². The van der Waals surface area contributed by atoms with E-state index in [0.717, 1.165) is 19.8 Å². The van der Waals surface area contributed by atoms with Crippen LogP contribution in [0.5, 0.6) is 0 Å². The Kier molecular flexibility index (Phi) is 34.0. The summed E-state index contributed by atoms with van der Waals surface area (Å²) >= 11 is 0. The summed E-state index contributed by atoms with van der Waals surface area (Å²) < 4.78 is 4.50. The third-order valence-electron chi connectivity index (χ3n) is 3.22. The molecule has 1 heterocycles. The van der Waals surface area contributed by atoms with E-state index in [4.69, 9.17) is 15.9 Å². The van der Waals surface area contributed by atoms with Gasteiger partial charge >= 0.3 is 0 Å². The van der Waals surface area contributed by atoms with Gasteiger partial charge in [-0.3, -0.25) is 4.90 Å². The summed E-state index contributed by atoms with van der Waals surface area (Å²) in [6.45, 7) is 29.2. The molecule has 1 saturated heterocycles. The number of nitrogens with zero attached hydrogens (tertiary/aromatic N) is 1. The van der Waals surface area contributed by atoms with Gasteiger partial charge in [-0.25, -0.2) is 0 Å². The third-order valence-corrected chi connectivity index (χ3v) is 3.22. The molecule has 0 aromatic rings.